The highest BCUT2D eigenvalue weighted by atomic mass is 31.2. The number of hydrogen-bond donors (Lipinski definition) is 6. The third kappa shape index (κ3) is 6.91. The van der Waals surface area contributed by atoms with Crippen molar-refractivity contribution in [2.45, 2.75) is 100 Å². The minimum Gasteiger partial charge on any atom is -0.379 e. The molecule has 1 fully saturated rings. The van der Waals surface area contributed by atoms with Crippen molar-refractivity contribution in [3.8, 4) is 6.07 Å². The van der Waals surface area contributed by atoms with E-state index < -0.39 is 55.7 Å². The van der Waals surface area contributed by atoms with Gasteiger partial charge in [-0.2, -0.15) is 10.3 Å². The van der Waals surface area contributed by atoms with Crippen LogP contribution in [-0.2, 0) is 14.1 Å². The van der Waals surface area contributed by atoms with Crippen LogP contribution in [0.2, 0.25) is 0 Å². The number of ether oxygens (including phenoxy) is 2. The van der Waals surface area contributed by atoms with E-state index in [1.165, 1.54) is 22.3 Å². The van der Waals surface area contributed by atoms with Gasteiger partial charge in [-0.15, -0.1) is 0 Å². The van der Waals surface area contributed by atoms with E-state index in [9.17, 15) is 25.2 Å². The minimum atomic E-state index is -2.61. The zero-order chi connectivity index (χ0) is 41.9. The molecule has 3 aromatic carbocycles. The molecule has 59 heavy (non-hydrogen) atoms. The highest BCUT2D eigenvalue weighted by Gasteiger charge is 2.72. The standard InChI is InChI=1S/C42H48N9O7P/c1-24(2)51(58-59(45)55)40(3,4)19-29(20-43)57-42(54)32(21-44)56-39(50-23-48-35-36(46-22-47-37(35)50)49-38(52)28-9-6-5-7-10-28)41(42,53)31-18-16-27-14-13-25-11-8-12-26-15-17-30(31)34(27)33(25)26/h5-15,17,22-24,27,29,31-32,39,53-55H,16,18-19,21,44-45H2,1-4H3,(H,46,47,49,52)/t27?,29?,31?,32-,39-,41+,42+,59?/m1/s1. The van der Waals surface area contributed by atoms with Crippen molar-refractivity contribution in [2.24, 2.45) is 11.2 Å². The maximum absolute atomic E-state index is 13.8. The van der Waals surface area contributed by atoms with Crippen LogP contribution >= 0.6 is 8.53 Å². The van der Waals surface area contributed by atoms with Crippen molar-refractivity contribution >= 4 is 48.3 Å². The van der Waals surface area contributed by atoms with Gasteiger partial charge >= 0.3 is 0 Å². The smallest absolute Gasteiger partial charge is 0.268 e. The summed E-state index contributed by atoms with van der Waals surface area (Å²) in [4.78, 5) is 36.7. The van der Waals surface area contributed by atoms with Crippen LogP contribution in [0.5, 0.6) is 0 Å². The fourth-order valence-corrected chi connectivity index (χ4v) is 10.0. The van der Waals surface area contributed by atoms with Gasteiger partial charge in [0.05, 0.1) is 12.4 Å². The summed E-state index contributed by atoms with van der Waals surface area (Å²) >= 11 is 0. The van der Waals surface area contributed by atoms with E-state index in [-0.39, 0.29) is 41.9 Å². The number of anilines is 1. The van der Waals surface area contributed by atoms with E-state index in [2.05, 4.69) is 50.6 Å². The number of fused-ring (bicyclic) bond motifs is 1. The summed E-state index contributed by atoms with van der Waals surface area (Å²) in [5.41, 5.74) is 12.4. The molecule has 1 amide bonds. The predicted molar refractivity (Wildman–Crippen MR) is 221 cm³/mol. The van der Waals surface area contributed by atoms with Gasteiger partial charge < -0.3 is 35.6 Å². The summed E-state index contributed by atoms with van der Waals surface area (Å²) in [6.07, 6.45) is 3.77. The molecule has 17 heteroatoms. The first-order valence-electron chi connectivity index (χ1n) is 19.6. The normalized spacial score (nSPS) is 26.1. The Hall–Kier alpha value is -4.76. The maximum atomic E-state index is 13.8. The first kappa shape index (κ1) is 41.0. The van der Waals surface area contributed by atoms with Crippen LogP contribution in [0.25, 0.3) is 28.0 Å². The lowest BCUT2D eigenvalue weighted by Gasteiger charge is -2.49. The predicted octanol–water partition coefficient (Wildman–Crippen LogP) is 5.09. The fourth-order valence-electron chi connectivity index (χ4n) is 9.43. The average molecular weight is 822 g/mol. The quantitative estimate of drug-likeness (QED) is 0.0515. The van der Waals surface area contributed by atoms with Crippen LogP contribution in [0.3, 0.4) is 0 Å². The molecule has 5 aromatic rings. The number of rotatable bonds is 13. The SMILES string of the molecule is CC(C)N(OP(N)O)C(C)(C)CC(C#N)O[C@@]1(O)[C@@H](CN)O[C@@H](n2cnc3c(NC(=O)c4ccccc4)ncnc32)[C@@]1(O)C1CCC2C=Cc3cccc4ccc1c2c34. The lowest BCUT2D eigenvalue weighted by atomic mass is 9.64. The number of nitrogens with zero attached hydrogens (tertiary/aromatic N) is 6. The van der Waals surface area contributed by atoms with Crippen molar-refractivity contribution in [1.29, 1.82) is 5.26 Å². The number of nitriles is 1. The van der Waals surface area contributed by atoms with Gasteiger partial charge in [-0.1, -0.05) is 60.7 Å². The molecule has 308 valence electrons. The van der Waals surface area contributed by atoms with Crippen molar-refractivity contribution in [1.82, 2.24) is 24.6 Å². The average Bonchev–Trinajstić information content (AvgIpc) is 3.75. The van der Waals surface area contributed by atoms with E-state index in [1.54, 1.807) is 44.2 Å². The van der Waals surface area contributed by atoms with Gasteiger partial charge in [0.1, 0.15) is 18.5 Å². The molecule has 4 unspecified atom stereocenters. The topological polar surface area (TPSA) is 240 Å². The van der Waals surface area contributed by atoms with Crippen molar-refractivity contribution < 1.29 is 34.0 Å². The number of amides is 1. The molecule has 16 nitrogen and oxygen atoms in total. The second-order valence-corrected chi connectivity index (χ2v) is 17.0. The largest absolute Gasteiger partial charge is 0.379 e. The summed E-state index contributed by atoms with van der Waals surface area (Å²) < 4.78 is 20.3. The molecular weight excluding hydrogens is 773 g/mol. The Bertz CT molecular complexity index is 2460. The number of allylic oxidation sites excluding steroid dienone is 1. The lowest BCUT2D eigenvalue weighted by Crippen LogP contribution is -2.65. The monoisotopic (exact) mass is 821 g/mol. The van der Waals surface area contributed by atoms with E-state index in [0.717, 1.165) is 27.5 Å². The van der Waals surface area contributed by atoms with Crippen molar-refractivity contribution in [3.05, 3.63) is 102 Å². The molecule has 8 atom stereocenters. The second kappa shape index (κ2) is 15.7. The number of hydroxylamine groups is 2. The number of nitrogens with two attached hydrogens (primary N) is 2. The Morgan fingerprint density at radius 1 is 1.14 bits per heavy atom. The highest BCUT2D eigenvalue weighted by molar-refractivity contribution is 7.43. The molecule has 8 N–H and O–H groups in total. The number of aromatic nitrogens is 4. The molecule has 0 radical (unpaired) electrons. The molecule has 2 aromatic heterocycles. The molecule has 2 aliphatic carbocycles. The molecule has 0 bridgehead atoms. The van der Waals surface area contributed by atoms with E-state index in [0.29, 0.717) is 18.4 Å². The summed E-state index contributed by atoms with van der Waals surface area (Å²) in [5, 5.41) is 44.2. The van der Waals surface area contributed by atoms with E-state index >= 15 is 0 Å². The van der Waals surface area contributed by atoms with Crippen LogP contribution < -0.4 is 16.6 Å². The lowest BCUT2D eigenvalue weighted by molar-refractivity contribution is -0.318. The third-order valence-electron chi connectivity index (χ3n) is 11.9. The Kier molecular flexibility index (Phi) is 10.9. The van der Waals surface area contributed by atoms with Gasteiger partial charge in [0.25, 0.3) is 14.4 Å². The van der Waals surface area contributed by atoms with Gasteiger partial charge in [0, 0.05) is 41.9 Å². The third-order valence-corrected chi connectivity index (χ3v) is 12.2. The van der Waals surface area contributed by atoms with Crippen molar-refractivity contribution in [2.75, 3.05) is 11.9 Å². The van der Waals surface area contributed by atoms with Crippen LogP contribution in [-0.4, -0.2) is 87.3 Å². The number of nitrogens with one attached hydrogen (secondary N) is 1. The van der Waals surface area contributed by atoms with Crippen LogP contribution in [0.1, 0.15) is 92.1 Å². The number of hydrogen-bond acceptors (Lipinski definition) is 14. The number of aliphatic hydroxyl groups is 2. The number of carbonyl (C=O) groups excluding carboxylic acids is 1. The molecule has 1 aliphatic heterocycles. The van der Waals surface area contributed by atoms with Gasteiger partial charge in [0.2, 0.25) is 5.79 Å². The second-order valence-electron chi connectivity index (χ2n) is 16.3. The Labute approximate surface area is 342 Å². The summed E-state index contributed by atoms with van der Waals surface area (Å²) in [5.74, 6) is -3.68. The molecule has 1 saturated heterocycles. The van der Waals surface area contributed by atoms with Gasteiger partial charge in [-0.3, -0.25) is 14.9 Å². The van der Waals surface area contributed by atoms with Gasteiger partial charge in [-0.05, 0) is 80.1 Å². The number of carbonyl (C=O) groups is 1. The number of imidazole rings is 1. The molecule has 0 spiro atoms. The minimum absolute atomic E-state index is 0.0513. The van der Waals surface area contributed by atoms with Crippen molar-refractivity contribution in [3.63, 3.8) is 0 Å². The van der Waals surface area contributed by atoms with Gasteiger partial charge in [0.15, 0.2) is 28.8 Å². The molecule has 3 aliphatic rings. The van der Waals surface area contributed by atoms with E-state index in [4.69, 9.17) is 25.3 Å². The summed E-state index contributed by atoms with van der Waals surface area (Å²) in [6, 6.07) is 20.7. The molecule has 3 heterocycles. The van der Waals surface area contributed by atoms with Gasteiger partial charge in [-0.25, -0.2) is 19.6 Å². The zero-order valence-corrected chi connectivity index (χ0v) is 34.0. The molecule has 8 rings (SSSR count). The van der Waals surface area contributed by atoms with Crippen LogP contribution in [0, 0.1) is 11.3 Å². The first-order valence-corrected chi connectivity index (χ1v) is 20.9. The fraction of sp³-hybridized carbons (Fsp3) is 0.405. The molecule has 0 saturated carbocycles. The first-order chi connectivity index (χ1) is 28.2. The summed E-state index contributed by atoms with van der Waals surface area (Å²) in [6.45, 7) is 6.97. The highest BCUT2D eigenvalue weighted by Crippen LogP contribution is 2.59. The van der Waals surface area contributed by atoms with Crippen LogP contribution in [0.4, 0.5) is 5.82 Å². The molecular formula is C42H48N9O7P. The van der Waals surface area contributed by atoms with Crippen LogP contribution in [0.15, 0.2) is 79.4 Å². The number of benzene rings is 3. The summed E-state index contributed by atoms with van der Waals surface area (Å²) in [7, 11) is -2.29. The Morgan fingerprint density at radius 3 is 2.63 bits per heavy atom. The maximum Gasteiger partial charge on any atom is 0.268 e. The Balaban J connectivity index is 1.26. The Morgan fingerprint density at radius 2 is 1.92 bits per heavy atom. The zero-order valence-electron chi connectivity index (χ0n) is 33.1. The van der Waals surface area contributed by atoms with E-state index in [1.807, 2.05) is 32.0 Å².